The van der Waals surface area contributed by atoms with Crippen molar-refractivity contribution >= 4 is 0 Å². The second-order valence-corrected chi connectivity index (χ2v) is 5.02. The largest absolute Gasteiger partial charge is 0.496 e. The average Bonchev–Trinajstić information content (AvgIpc) is 3.15. The van der Waals surface area contributed by atoms with Gasteiger partial charge in [0.05, 0.1) is 18.7 Å². The van der Waals surface area contributed by atoms with Crippen molar-refractivity contribution in [3.05, 3.63) is 29.7 Å². The van der Waals surface area contributed by atoms with Crippen LogP contribution in [0.2, 0.25) is 0 Å². The van der Waals surface area contributed by atoms with Gasteiger partial charge in [-0.2, -0.15) is 4.98 Å². The number of nitrogens with two attached hydrogens (primary N) is 1. The molecule has 19 heavy (non-hydrogen) atoms. The van der Waals surface area contributed by atoms with Gasteiger partial charge in [-0.3, -0.25) is 0 Å². The van der Waals surface area contributed by atoms with E-state index in [1.807, 2.05) is 25.1 Å². The van der Waals surface area contributed by atoms with Gasteiger partial charge in [0.25, 0.3) is 0 Å². The lowest BCUT2D eigenvalue weighted by atomic mass is 10.1. The van der Waals surface area contributed by atoms with Crippen LogP contribution in [0, 0.1) is 12.8 Å². The Morgan fingerprint density at radius 1 is 1.42 bits per heavy atom. The molecule has 5 heteroatoms. The number of hydrogen-bond donors (Lipinski definition) is 1. The Morgan fingerprint density at radius 3 is 2.89 bits per heavy atom. The molecule has 1 atom stereocenters. The van der Waals surface area contributed by atoms with Crippen LogP contribution in [-0.2, 0) is 0 Å². The van der Waals surface area contributed by atoms with E-state index in [1.165, 1.54) is 0 Å². The third-order valence-electron chi connectivity index (χ3n) is 3.45. The third-order valence-corrected chi connectivity index (χ3v) is 3.45. The smallest absolute Gasteiger partial charge is 0.244 e. The van der Waals surface area contributed by atoms with Gasteiger partial charge >= 0.3 is 0 Å². The molecule has 2 aromatic rings. The lowest BCUT2D eigenvalue weighted by Crippen LogP contribution is -2.12. The van der Waals surface area contributed by atoms with E-state index < -0.39 is 0 Å². The molecule has 1 fully saturated rings. The Morgan fingerprint density at radius 2 is 2.21 bits per heavy atom. The standard InChI is InChI=1S/C14H17N3O2/c1-8-3-6-10(11(7-8)18-2)13-16-14(19-17-13)12(15)9-4-5-9/h3,6-7,9,12H,4-5,15H2,1-2H3. The van der Waals surface area contributed by atoms with Gasteiger partial charge in [-0.25, -0.2) is 0 Å². The number of aromatic nitrogens is 2. The molecule has 2 N–H and O–H groups in total. The van der Waals surface area contributed by atoms with Crippen LogP contribution in [0.5, 0.6) is 5.75 Å². The zero-order chi connectivity index (χ0) is 13.4. The second-order valence-electron chi connectivity index (χ2n) is 5.02. The highest BCUT2D eigenvalue weighted by Crippen LogP contribution is 2.39. The van der Waals surface area contributed by atoms with E-state index in [-0.39, 0.29) is 6.04 Å². The van der Waals surface area contributed by atoms with Crippen molar-refractivity contribution in [2.45, 2.75) is 25.8 Å². The molecule has 1 heterocycles. The monoisotopic (exact) mass is 259 g/mol. The molecule has 1 aliphatic carbocycles. The summed E-state index contributed by atoms with van der Waals surface area (Å²) in [5.74, 6) is 2.28. The molecule has 1 saturated carbocycles. The van der Waals surface area contributed by atoms with Crippen molar-refractivity contribution < 1.29 is 9.26 Å². The SMILES string of the molecule is COc1cc(C)ccc1-c1noc(C(N)C2CC2)n1. The quantitative estimate of drug-likeness (QED) is 0.912. The van der Waals surface area contributed by atoms with E-state index >= 15 is 0 Å². The zero-order valence-electron chi connectivity index (χ0n) is 11.1. The molecule has 1 aromatic carbocycles. The fourth-order valence-electron chi connectivity index (χ4n) is 2.12. The molecule has 0 aliphatic heterocycles. The van der Waals surface area contributed by atoms with Crippen LogP contribution in [-0.4, -0.2) is 17.3 Å². The van der Waals surface area contributed by atoms with E-state index in [2.05, 4.69) is 10.1 Å². The average molecular weight is 259 g/mol. The van der Waals surface area contributed by atoms with Crippen LogP contribution in [0.25, 0.3) is 11.4 Å². The predicted octanol–water partition coefficient (Wildman–Crippen LogP) is 2.46. The van der Waals surface area contributed by atoms with Gasteiger partial charge in [-0.15, -0.1) is 0 Å². The fourth-order valence-corrected chi connectivity index (χ4v) is 2.12. The van der Waals surface area contributed by atoms with Crippen molar-refractivity contribution in [1.82, 2.24) is 10.1 Å². The number of methoxy groups -OCH3 is 1. The van der Waals surface area contributed by atoms with Crippen molar-refractivity contribution in [2.75, 3.05) is 7.11 Å². The van der Waals surface area contributed by atoms with E-state index in [1.54, 1.807) is 7.11 Å². The molecular formula is C14H17N3O2. The molecule has 100 valence electrons. The predicted molar refractivity (Wildman–Crippen MR) is 70.7 cm³/mol. The van der Waals surface area contributed by atoms with Crippen molar-refractivity contribution in [2.24, 2.45) is 11.7 Å². The van der Waals surface area contributed by atoms with Crippen LogP contribution in [0.3, 0.4) is 0 Å². The fraction of sp³-hybridized carbons (Fsp3) is 0.429. The first kappa shape index (κ1) is 12.2. The van der Waals surface area contributed by atoms with Crippen LogP contribution in [0.15, 0.2) is 22.7 Å². The maximum Gasteiger partial charge on any atom is 0.244 e. The normalized spacial score (nSPS) is 16.4. The Kier molecular flexibility index (Phi) is 2.98. The first-order valence-electron chi connectivity index (χ1n) is 6.43. The van der Waals surface area contributed by atoms with Gasteiger partial charge in [0, 0.05) is 0 Å². The highest BCUT2D eigenvalue weighted by Gasteiger charge is 2.33. The molecule has 1 unspecified atom stereocenters. The molecule has 1 aromatic heterocycles. The van der Waals surface area contributed by atoms with Gasteiger partial charge in [0.1, 0.15) is 5.75 Å². The Bertz CT molecular complexity index is 590. The summed E-state index contributed by atoms with van der Waals surface area (Å²) in [4.78, 5) is 4.40. The lowest BCUT2D eigenvalue weighted by Gasteiger charge is -2.05. The molecule has 0 saturated heterocycles. The number of rotatable bonds is 4. The highest BCUT2D eigenvalue weighted by atomic mass is 16.5. The molecule has 5 nitrogen and oxygen atoms in total. The molecule has 0 bridgehead atoms. The Labute approximate surface area is 111 Å². The molecule has 3 rings (SSSR count). The number of aryl methyl sites for hydroxylation is 1. The van der Waals surface area contributed by atoms with Crippen molar-refractivity contribution in [3.63, 3.8) is 0 Å². The molecule has 0 amide bonds. The second kappa shape index (κ2) is 4.66. The zero-order valence-corrected chi connectivity index (χ0v) is 11.1. The van der Waals surface area contributed by atoms with Crippen LogP contribution in [0.4, 0.5) is 0 Å². The minimum atomic E-state index is -0.141. The summed E-state index contributed by atoms with van der Waals surface area (Å²) in [5, 5.41) is 4.01. The lowest BCUT2D eigenvalue weighted by molar-refractivity contribution is 0.343. The summed E-state index contributed by atoms with van der Waals surface area (Å²) in [6.45, 7) is 2.01. The summed E-state index contributed by atoms with van der Waals surface area (Å²) in [5.41, 5.74) is 8.01. The molecule has 0 spiro atoms. The topological polar surface area (TPSA) is 74.2 Å². The minimum absolute atomic E-state index is 0.141. The maximum atomic E-state index is 6.06. The third kappa shape index (κ3) is 2.33. The van der Waals surface area contributed by atoms with Crippen molar-refractivity contribution in [1.29, 1.82) is 0 Å². The summed E-state index contributed by atoms with van der Waals surface area (Å²) < 4.78 is 10.6. The van der Waals surface area contributed by atoms with Crippen LogP contribution >= 0.6 is 0 Å². The maximum absolute atomic E-state index is 6.06. The van der Waals surface area contributed by atoms with Crippen molar-refractivity contribution in [3.8, 4) is 17.1 Å². The number of ether oxygens (including phenoxy) is 1. The highest BCUT2D eigenvalue weighted by molar-refractivity contribution is 5.64. The van der Waals surface area contributed by atoms with Gasteiger partial charge in [-0.05, 0) is 43.4 Å². The minimum Gasteiger partial charge on any atom is -0.496 e. The summed E-state index contributed by atoms with van der Waals surface area (Å²) in [6.07, 6.45) is 2.29. The van der Waals surface area contributed by atoms with E-state index in [0.29, 0.717) is 17.6 Å². The summed E-state index contributed by atoms with van der Waals surface area (Å²) in [7, 11) is 1.63. The van der Waals surface area contributed by atoms with E-state index in [4.69, 9.17) is 15.0 Å². The molecular weight excluding hydrogens is 242 g/mol. The first-order valence-corrected chi connectivity index (χ1v) is 6.43. The van der Waals surface area contributed by atoms with Crippen LogP contribution < -0.4 is 10.5 Å². The molecule has 0 radical (unpaired) electrons. The number of hydrogen-bond acceptors (Lipinski definition) is 5. The van der Waals surface area contributed by atoms with Gasteiger partial charge in [0.2, 0.25) is 11.7 Å². The van der Waals surface area contributed by atoms with Gasteiger partial charge in [-0.1, -0.05) is 11.2 Å². The van der Waals surface area contributed by atoms with Gasteiger partial charge < -0.3 is 15.0 Å². The Balaban J connectivity index is 1.93. The van der Waals surface area contributed by atoms with E-state index in [9.17, 15) is 0 Å². The van der Waals surface area contributed by atoms with Gasteiger partial charge in [0.15, 0.2) is 0 Å². The first-order chi connectivity index (χ1) is 9.19. The van der Waals surface area contributed by atoms with Crippen LogP contribution in [0.1, 0.15) is 30.3 Å². The van der Waals surface area contributed by atoms with E-state index in [0.717, 1.165) is 29.7 Å². The Hall–Kier alpha value is -1.88. The number of nitrogens with zero attached hydrogens (tertiary/aromatic N) is 2. The molecule has 1 aliphatic rings. The summed E-state index contributed by atoms with van der Waals surface area (Å²) >= 11 is 0. The summed E-state index contributed by atoms with van der Waals surface area (Å²) in [6, 6.07) is 5.74. The number of benzene rings is 1.